The summed E-state index contributed by atoms with van der Waals surface area (Å²) in [6.07, 6.45) is 1.37. The smallest absolute Gasteiger partial charge is 0.306 e. The lowest BCUT2D eigenvalue weighted by Gasteiger charge is -2.24. The largest absolute Gasteiger partial charge is 0.481 e. The van der Waals surface area contributed by atoms with Crippen LogP contribution in [0.25, 0.3) is 0 Å². The topological polar surface area (TPSA) is 109 Å². The Hall–Kier alpha value is -1.59. The second-order valence-electron chi connectivity index (χ2n) is 5.02. The minimum absolute atomic E-state index is 0.294. The lowest BCUT2D eigenvalue weighted by atomic mass is 10.00. The van der Waals surface area contributed by atoms with E-state index in [9.17, 15) is 14.4 Å². The van der Waals surface area contributed by atoms with Gasteiger partial charge in [-0.2, -0.15) is 0 Å². The molecule has 0 aromatic heterocycles. The molecule has 0 bridgehead atoms. The highest BCUT2D eigenvalue weighted by atomic mass is 16.4. The molecule has 0 radical (unpaired) electrons. The van der Waals surface area contributed by atoms with Gasteiger partial charge in [0.15, 0.2) is 0 Å². The Labute approximate surface area is 99.6 Å². The number of hydrogen-bond donors (Lipinski definition) is 3. The van der Waals surface area contributed by atoms with Gasteiger partial charge in [-0.3, -0.25) is 14.4 Å². The van der Waals surface area contributed by atoms with Crippen LogP contribution in [0.1, 0.15) is 33.1 Å². The van der Waals surface area contributed by atoms with E-state index < -0.39 is 23.3 Å². The monoisotopic (exact) mass is 242 g/mol. The predicted molar refractivity (Wildman–Crippen MR) is 59.9 cm³/mol. The van der Waals surface area contributed by atoms with Crippen LogP contribution < -0.4 is 11.1 Å². The van der Waals surface area contributed by atoms with Crippen LogP contribution in [0.4, 0.5) is 0 Å². The molecule has 2 amide bonds. The summed E-state index contributed by atoms with van der Waals surface area (Å²) in [7, 11) is 0. The normalized spacial score (nSPS) is 24.4. The van der Waals surface area contributed by atoms with E-state index >= 15 is 0 Å². The second-order valence-corrected chi connectivity index (χ2v) is 5.02. The molecule has 0 aliphatic heterocycles. The van der Waals surface area contributed by atoms with E-state index in [0.717, 1.165) is 0 Å². The number of primary amides is 1. The number of carboxylic acids is 1. The summed E-state index contributed by atoms with van der Waals surface area (Å²) in [6, 6.07) is 0. The quantitative estimate of drug-likeness (QED) is 0.637. The Balaban J connectivity index is 2.56. The molecule has 17 heavy (non-hydrogen) atoms. The maximum absolute atomic E-state index is 11.8. The maximum Gasteiger partial charge on any atom is 0.306 e. The molecule has 1 aliphatic carbocycles. The average Bonchev–Trinajstić information content (AvgIpc) is 2.65. The molecule has 0 spiro atoms. The molecule has 4 N–H and O–H groups in total. The van der Waals surface area contributed by atoms with Crippen LogP contribution in [-0.4, -0.2) is 28.4 Å². The molecule has 96 valence electrons. The highest BCUT2D eigenvalue weighted by molar-refractivity contribution is 5.90. The van der Waals surface area contributed by atoms with Gasteiger partial charge >= 0.3 is 5.97 Å². The van der Waals surface area contributed by atoms with Gasteiger partial charge in [0.25, 0.3) is 0 Å². The second kappa shape index (κ2) is 4.73. The molecule has 1 rings (SSSR count). The van der Waals surface area contributed by atoms with Crippen LogP contribution in [0.3, 0.4) is 0 Å². The Kier molecular flexibility index (Phi) is 3.75. The zero-order valence-electron chi connectivity index (χ0n) is 10.0. The molecule has 1 aliphatic rings. The van der Waals surface area contributed by atoms with Crippen molar-refractivity contribution in [2.24, 2.45) is 17.6 Å². The molecular weight excluding hydrogens is 224 g/mol. The number of aliphatic carboxylic acids is 1. The summed E-state index contributed by atoms with van der Waals surface area (Å²) < 4.78 is 0. The van der Waals surface area contributed by atoms with Crippen LogP contribution in [0.5, 0.6) is 0 Å². The first kappa shape index (κ1) is 13.5. The van der Waals surface area contributed by atoms with Crippen LogP contribution in [0.15, 0.2) is 0 Å². The van der Waals surface area contributed by atoms with Crippen molar-refractivity contribution < 1.29 is 19.5 Å². The Morgan fingerprint density at radius 3 is 2.18 bits per heavy atom. The first-order valence-electron chi connectivity index (χ1n) is 5.58. The van der Waals surface area contributed by atoms with Gasteiger partial charge in [0, 0.05) is 5.92 Å². The number of carboxylic acid groups (broad SMARTS) is 1. The van der Waals surface area contributed by atoms with Crippen LogP contribution >= 0.6 is 0 Å². The predicted octanol–water partition coefficient (Wildman–Crippen LogP) is -0.133. The zero-order chi connectivity index (χ0) is 13.2. The molecule has 0 aromatic carbocycles. The van der Waals surface area contributed by atoms with Crippen LogP contribution in [0.2, 0.25) is 0 Å². The van der Waals surface area contributed by atoms with Crippen molar-refractivity contribution >= 4 is 17.8 Å². The minimum Gasteiger partial charge on any atom is -0.481 e. The summed E-state index contributed by atoms with van der Waals surface area (Å²) in [5.41, 5.74) is 4.05. The van der Waals surface area contributed by atoms with Gasteiger partial charge in [-0.1, -0.05) is 0 Å². The molecule has 6 nitrogen and oxygen atoms in total. The third kappa shape index (κ3) is 3.18. The van der Waals surface area contributed by atoms with E-state index in [1.54, 1.807) is 0 Å². The third-order valence-corrected chi connectivity index (χ3v) is 3.20. The summed E-state index contributed by atoms with van der Waals surface area (Å²) in [5.74, 6) is -2.57. The van der Waals surface area contributed by atoms with Gasteiger partial charge in [0.2, 0.25) is 11.8 Å². The van der Waals surface area contributed by atoms with Gasteiger partial charge in [0.1, 0.15) is 5.54 Å². The number of amides is 2. The first-order valence-corrected chi connectivity index (χ1v) is 5.58. The Morgan fingerprint density at radius 2 is 1.76 bits per heavy atom. The molecule has 0 heterocycles. The van der Waals surface area contributed by atoms with Crippen molar-refractivity contribution in [1.82, 2.24) is 5.32 Å². The van der Waals surface area contributed by atoms with Gasteiger partial charge in [-0.15, -0.1) is 0 Å². The van der Waals surface area contributed by atoms with Crippen LogP contribution in [0, 0.1) is 11.8 Å². The molecule has 1 saturated carbocycles. The van der Waals surface area contributed by atoms with E-state index in [1.807, 2.05) is 0 Å². The van der Waals surface area contributed by atoms with Crippen molar-refractivity contribution in [1.29, 1.82) is 0 Å². The number of carbonyl (C=O) groups is 3. The Bertz CT molecular complexity index is 351. The molecule has 0 saturated heterocycles. The molecule has 0 unspecified atom stereocenters. The fourth-order valence-corrected chi connectivity index (χ4v) is 1.92. The van der Waals surface area contributed by atoms with E-state index in [1.165, 1.54) is 13.8 Å². The standard InChI is InChI=1S/C11H18N2O4/c1-11(2,10(12)17)13-8(14)6-3-4-7(5-6)9(15)16/h6-7H,3-5H2,1-2H3,(H2,12,17)(H,13,14)(H,15,16)/t6-,7+/m1/s1. The number of nitrogens with two attached hydrogens (primary N) is 1. The summed E-state index contributed by atoms with van der Waals surface area (Å²) >= 11 is 0. The molecule has 2 atom stereocenters. The number of hydrogen-bond acceptors (Lipinski definition) is 3. The Morgan fingerprint density at radius 1 is 1.24 bits per heavy atom. The van der Waals surface area contributed by atoms with E-state index in [4.69, 9.17) is 10.8 Å². The minimum atomic E-state index is -1.10. The van der Waals surface area contributed by atoms with Gasteiger partial charge < -0.3 is 16.2 Å². The van der Waals surface area contributed by atoms with Crippen molar-refractivity contribution in [3.8, 4) is 0 Å². The lowest BCUT2D eigenvalue weighted by Crippen LogP contribution is -2.54. The highest BCUT2D eigenvalue weighted by Gasteiger charge is 2.36. The number of carbonyl (C=O) groups excluding carboxylic acids is 2. The van der Waals surface area contributed by atoms with Crippen molar-refractivity contribution in [2.75, 3.05) is 0 Å². The van der Waals surface area contributed by atoms with E-state index in [0.29, 0.717) is 19.3 Å². The summed E-state index contributed by atoms with van der Waals surface area (Å²) in [4.78, 5) is 33.6. The zero-order valence-corrected chi connectivity index (χ0v) is 10.0. The summed E-state index contributed by atoms with van der Waals surface area (Å²) in [5, 5.41) is 11.4. The van der Waals surface area contributed by atoms with Crippen molar-refractivity contribution in [3.05, 3.63) is 0 Å². The van der Waals surface area contributed by atoms with Crippen molar-refractivity contribution in [3.63, 3.8) is 0 Å². The molecule has 6 heteroatoms. The van der Waals surface area contributed by atoms with Crippen LogP contribution in [-0.2, 0) is 14.4 Å². The first-order chi connectivity index (χ1) is 7.74. The number of nitrogens with one attached hydrogen (secondary N) is 1. The fourth-order valence-electron chi connectivity index (χ4n) is 1.92. The maximum atomic E-state index is 11.8. The van der Waals surface area contributed by atoms with Crippen molar-refractivity contribution in [2.45, 2.75) is 38.6 Å². The molecular formula is C11H18N2O4. The number of rotatable bonds is 4. The van der Waals surface area contributed by atoms with Gasteiger partial charge in [-0.25, -0.2) is 0 Å². The lowest BCUT2D eigenvalue weighted by molar-refractivity contribution is -0.141. The average molecular weight is 242 g/mol. The van der Waals surface area contributed by atoms with E-state index in [2.05, 4.69) is 5.32 Å². The SMILES string of the molecule is CC(C)(NC(=O)[C@@H]1CC[C@H](C(=O)O)C1)C(N)=O. The third-order valence-electron chi connectivity index (χ3n) is 3.20. The van der Waals surface area contributed by atoms with E-state index in [-0.39, 0.29) is 11.8 Å². The fraction of sp³-hybridized carbons (Fsp3) is 0.727. The molecule has 1 fully saturated rings. The van der Waals surface area contributed by atoms with Gasteiger partial charge in [-0.05, 0) is 33.1 Å². The summed E-state index contributed by atoms with van der Waals surface area (Å²) in [6.45, 7) is 3.05. The highest BCUT2D eigenvalue weighted by Crippen LogP contribution is 2.31. The van der Waals surface area contributed by atoms with Gasteiger partial charge in [0.05, 0.1) is 5.92 Å². The molecule has 0 aromatic rings.